The molecule has 1 heterocycles. The SMILES string of the molecule is Cc1nn(-c2ccccc2)c(C)c1CNCc1ccc(F)c(Cl)c1. The molecular weight excluding hydrogens is 325 g/mol. The molecule has 0 aliphatic rings. The lowest BCUT2D eigenvalue weighted by Crippen LogP contribution is -2.14. The number of aryl methyl sites for hydroxylation is 1. The molecule has 0 atom stereocenters. The van der Waals surface area contributed by atoms with Crippen molar-refractivity contribution in [3.8, 4) is 5.69 Å². The maximum atomic E-state index is 13.2. The molecule has 0 unspecified atom stereocenters. The third kappa shape index (κ3) is 3.50. The molecule has 1 N–H and O–H groups in total. The average Bonchev–Trinajstić information content (AvgIpc) is 2.87. The van der Waals surface area contributed by atoms with Crippen molar-refractivity contribution in [2.45, 2.75) is 26.9 Å². The van der Waals surface area contributed by atoms with Gasteiger partial charge in [0.25, 0.3) is 0 Å². The molecule has 0 saturated carbocycles. The van der Waals surface area contributed by atoms with Crippen LogP contribution in [0.25, 0.3) is 5.69 Å². The number of hydrogen-bond donors (Lipinski definition) is 1. The van der Waals surface area contributed by atoms with E-state index < -0.39 is 5.82 Å². The predicted molar refractivity (Wildman–Crippen MR) is 95.0 cm³/mol. The van der Waals surface area contributed by atoms with E-state index in [2.05, 4.69) is 17.3 Å². The van der Waals surface area contributed by atoms with Crippen molar-refractivity contribution in [2.75, 3.05) is 0 Å². The van der Waals surface area contributed by atoms with E-state index >= 15 is 0 Å². The summed E-state index contributed by atoms with van der Waals surface area (Å²) in [5, 5.41) is 8.17. The third-order valence-corrected chi connectivity index (χ3v) is 4.35. The lowest BCUT2D eigenvalue weighted by atomic mass is 10.1. The van der Waals surface area contributed by atoms with Crippen molar-refractivity contribution in [1.29, 1.82) is 0 Å². The molecule has 3 rings (SSSR count). The van der Waals surface area contributed by atoms with Gasteiger partial charge in [-0.05, 0) is 43.7 Å². The predicted octanol–water partition coefficient (Wildman–Crippen LogP) is 4.57. The fourth-order valence-electron chi connectivity index (χ4n) is 2.73. The molecular formula is C19H19ClFN3. The Morgan fingerprint density at radius 2 is 1.83 bits per heavy atom. The van der Waals surface area contributed by atoms with Crippen LogP contribution in [0.3, 0.4) is 0 Å². The Labute approximate surface area is 146 Å². The van der Waals surface area contributed by atoms with E-state index in [0.717, 1.165) is 22.6 Å². The van der Waals surface area contributed by atoms with Crippen molar-refractivity contribution in [3.63, 3.8) is 0 Å². The van der Waals surface area contributed by atoms with Crippen LogP contribution in [0.4, 0.5) is 4.39 Å². The average molecular weight is 344 g/mol. The Hall–Kier alpha value is -2.17. The van der Waals surface area contributed by atoms with Gasteiger partial charge in [-0.2, -0.15) is 5.10 Å². The Kier molecular flexibility index (Phi) is 4.97. The van der Waals surface area contributed by atoms with Gasteiger partial charge in [0.15, 0.2) is 0 Å². The van der Waals surface area contributed by atoms with Gasteiger partial charge in [-0.1, -0.05) is 35.9 Å². The standard InChI is InChI=1S/C19H19ClFN3/c1-13-17(12-22-11-15-8-9-19(21)18(20)10-15)14(2)24(23-13)16-6-4-3-5-7-16/h3-10,22H,11-12H2,1-2H3. The summed E-state index contributed by atoms with van der Waals surface area (Å²) in [7, 11) is 0. The van der Waals surface area contributed by atoms with Gasteiger partial charge in [-0.3, -0.25) is 0 Å². The van der Waals surface area contributed by atoms with Gasteiger partial charge >= 0.3 is 0 Å². The van der Waals surface area contributed by atoms with Crippen LogP contribution in [0.2, 0.25) is 5.02 Å². The van der Waals surface area contributed by atoms with E-state index in [1.165, 1.54) is 11.6 Å². The van der Waals surface area contributed by atoms with Gasteiger partial charge in [0.1, 0.15) is 5.82 Å². The summed E-state index contributed by atoms with van der Waals surface area (Å²) in [4.78, 5) is 0. The zero-order valence-electron chi connectivity index (χ0n) is 13.7. The van der Waals surface area contributed by atoms with Crippen LogP contribution in [-0.2, 0) is 13.1 Å². The van der Waals surface area contributed by atoms with Gasteiger partial charge in [0.05, 0.1) is 16.4 Å². The lowest BCUT2D eigenvalue weighted by molar-refractivity contribution is 0.625. The van der Waals surface area contributed by atoms with Crippen LogP contribution in [0.5, 0.6) is 0 Å². The maximum absolute atomic E-state index is 13.2. The van der Waals surface area contributed by atoms with Crippen molar-refractivity contribution in [1.82, 2.24) is 15.1 Å². The minimum Gasteiger partial charge on any atom is -0.308 e. The monoisotopic (exact) mass is 343 g/mol. The van der Waals surface area contributed by atoms with Crippen LogP contribution in [0, 0.1) is 19.7 Å². The number of benzene rings is 2. The molecule has 0 amide bonds. The number of para-hydroxylation sites is 1. The molecule has 1 aromatic heterocycles. The Bertz CT molecular complexity index is 843. The van der Waals surface area contributed by atoms with Crippen LogP contribution >= 0.6 is 11.6 Å². The lowest BCUT2D eigenvalue weighted by Gasteiger charge is -2.07. The molecule has 0 aliphatic heterocycles. The zero-order valence-corrected chi connectivity index (χ0v) is 14.4. The van der Waals surface area contributed by atoms with Crippen molar-refractivity contribution in [3.05, 3.63) is 81.9 Å². The smallest absolute Gasteiger partial charge is 0.141 e. The molecule has 0 saturated heterocycles. The van der Waals surface area contributed by atoms with E-state index in [1.807, 2.05) is 41.9 Å². The highest BCUT2D eigenvalue weighted by atomic mass is 35.5. The molecule has 0 aliphatic carbocycles. The van der Waals surface area contributed by atoms with Crippen molar-refractivity contribution in [2.24, 2.45) is 0 Å². The first-order valence-corrected chi connectivity index (χ1v) is 8.19. The molecule has 124 valence electrons. The number of hydrogen-bond acceptors (Lipinski definition) is 2. The molecule has 0 bridgehead atoms. The number of halogens is 2. The fraction of sp³-hybridized carbons (Fsp3) is 0.211. The summed E-state index contributed by atoms with van der Waals surface area (Å²) >= 11 is 5.82. The number of nitrogens with zero attached hydrogens (tertiary/aromatic N) is 2. The topological polar surface area (TPSA) is 29.9 Å². The summed E-state index contributed by atoms with van der Waals surface area (Å²) in [6.45, 7) is 5.39. The summed E-state index contributed by atoms with van der Waals surface area (Å²) in [5.41, 5.74) is 5.29. The van der Waals surface area contributed by atoms with Gasteiger partial charge in [0, 0.05) is 24.3 Å². The normalized spacial score (nSPS) is 11.0. The summed E-state index contributed by atoms with van der Waals surface area (Å²) in [6.07, 6.45) is 0. The van der Waals surface area contributed by atoms with Crippen LogP contribution in [0.15, 0.2) is 48.5 Å². The molecule has 3 nitrogen and oxygen atoms in total. The van der Waals surface area contributed by atoms with E-state index in [1.54, 1.807) is 12.1 Å². The molecule has 5 heteroatoms. The van der Waals surface area contributed by atoms with E-state index in [-0.39, 0.29) is 5.02 Å². The Morgan fingerprint density at radius 3 is 2.54 bits per heavy atom. The molecule has 24 heavy (non-hydrogen) atoms. The Morgan fingerprint density at radius 1 is 1.08 bits per heavy atom. The fourth-order valence-corrected chi connectivity index (χ4v) is 2.94. The van der Waals surface area contributed by atoms with E-state index in [0.29, 0.717) is 13.1 Å². The van der Waals surface area contributed by atoms with E-state index in [4.69, 9.17) is 11.6 Å². The number of rotatable bonds is 5. The highest BCUT2D eigenvalue weighted by molar-refractivity contribution is 6.30. The number of nitrogens with one attached hydrogen (secondary N) is 1. The number of aromatic nitrogens is 2. The summed E-state index contributed by atoms with van der Waals surface area (Å²) in [5.74, 6) is -0.392. The Balaban J connectivity index is 1.71. The van der Waals surface area contributed by atoms with Gasteiger partial charge in [-0.25, -0.2) is 9.07 Å². The molecule has 0 fully saturated rings. The summed E-state index contributed by atoms with van der Waals surface area (Å²) in [6, 6.07) is 14.9. The van der Waals surface area contributed by atoms with Crippen LogP contribution < -0.4 is 5.32 Å². The first-order chi connectivity index (χ1) is 11.6. The van der Waals surface area contributed by atoms with E-state index in [9.17, 15) is 4.39 Å². The second-order valence-electron chi connectivity index (χ2n) is 5.75. The molecule has 0 radical (unpaired) electrons. The second kappa shape index (κ2) is 7.16. The largest absolute Gasteiger partial charge is 0.308 e. The first-order valence-electron chi connectivity index (χ1n) is 7.81. The second-order valence-corrected chi connectivity index (χ2v) is 6.16. The quantitative estimate of drug-likeness (QED) is 0.735. The van der Waals surface area contributed by atoms with Crippen LogP contribution in [0.1, 0.15) is 22.5 Å². The van der Waals surface area contributed by atoms with Gasteiger partial charge in [0.2, 0.25) is 0 Å². The third-order valence-electron chi connectivity index (χ3n) is 4.06. The highest BCUT2D eigenvalue weighted by Crippen LogP contribution is 2.19. The van der Waals surface area contributed by atoms with Crippen molar-refractivity contribution < 1.29 is 4.39 Å². The zero-order chi connectivity index (χ0) is 17.1. The maximum Gasteiger partial charge on any atom is 0.141 e. The van der Waals surface area contributed by atoms with Crippen LogP contribution in [-0.4, -0.2) is 9.78 Å². The minimum atomic E-state index is -0.392. The van der Waals surface area contributed by atoms with Gasteiger partial charge in [-0.15, -0.1) is 0 Å². The summed E-state index contributed by atoms with van der Waals surface area (Å²) < 4.78 is 15.2. The minimum absolute atomic E-state index is 0.151. The molecule has 3 aromatic rings. The molecule has 0 spiro atoms. The van der Waals surface area contributed by atoms with Gasteiger partial charge < -0.3 is 5.32 Å². The van der Waals surface area contributed by atoms with Crippen molar-refractivity contribution >= 4 is 11.6 Å². The highest BCUT2D eigenvalue weighted by Gasteiger charge is 2.12. The molecule has 2 aromatic carbocycles. The first kappa shape index (κ1) is 16.7.